The lowest BCUT2D eigenvalue weighted by atomic mass is 10.2. The fourth-order valence-electron chi connectivity index (χ4n) is 2.53. The maximum absolute atomic E-state index is 11.5. The number of para-hydroxylation sites is 2. The van der Waals surface area contributed by atoms with Gasteiger partial charge in [-0.2, -0.15) is 0 Å². The molecule has 1 fully saturated rings. The molecule has 8 heteroatoms. The molecule has 2 heterocycles. The number of morpholine rings is 1. The maximum Gasteiger partial charge on any atom is 0.341 e. The molecule has 0 unspecified atom stereocenters. The first-order valence-electron chi connectivity index (χ1n) is 7.86. The Morgan fingerprint density at radius 2 is 2.00 bits per heavy atom. The van der Waals surface area contributed by atoms with Gasteiger partial charge in [-0.3, -0.25) is 0 Å². The Hall–Kier alpha value is -2.87. The van der Waals surface area contributed by atoms with E-state index in [0.29, 0.717) is 49.4 Å². The lowest BCUT2D eigenvalue weighted by Crippen LogP contribution is -2.38. The predicted octanol–water partition coefficient (Wildman–Crippen LogP) is 1.60. The fourth-order valence-corrected chi connectivity index (χ4v) is 2.53. The summed E-state index contributed by atoms with van der Waals surface area (Å²) in [5.74, 6) is 0.919. The quantitative estimate of drug-likeness (QED) is 0.844. The molecule has 1 aromatic carbocycles. The van der Waals surface area contributed by atoms with Crippen LogP contribution in [0.3, 0.4) is 0 Å². The number of ether oxygens (including phenoxy) is 3. The van der Waals surface area contributed by atoms with Crippen molar-refractivity contribution in [2.75, 3.05) is 38.3 Å². The fraction of sp³-hybridized carbons (Fsp3) is 0.353. The van der Waals surface area contributed by atoms with Gasteiger partial charge in [0, 0.05) is 19.3 Å². The van der Waals surface area contributed by atoms with Gasteiger partial charge in [-0.25, -0.2) is 14.8 Å². The highest BCUT2D eigenvalue weighted by atomic mass is 16.5. The van der Waals surface area contributed by atoms with E-state index in [2.05, 4.69) is 9.97 Å². The number of hydrogen-bond donors (Lipinski definition) is 1. The Morgan fingerprint density at radius 3 is 2.68 bits per heavy atom. The number of carboxylic acid groups (broad SMARTS) is 1. The van der Waals surface area contributed by atoms with Crippen LogP contribution in [0.15, 0.2) is 30.5 Å². The average molecular weight is 345 g/mol. The van der Waals surface area contributed by atoms with E-state index >= 15 is 0 Å². The third-order valence-electron chi connectivity index (χ3n) is 3.79. The van der Waals surface area contributed by atoms with Crippen LogP contribution in [0.25, 0.3) is 0 Å². The summed E-state index contributed by atoms with van der Waals surface area (Å²) in [6, 6.07) is 7.27. The largest absolute Gasteiger partial charge is 0.493 e. The number of aromatic carboxylic acids is 1. The topological polar surface area (TPSA) is 94.0 Å². The summed E-state index contributed by atoms with van der Waals surface area (Å²) in [5.41, 5.74) is 0.0722. The van der Waals surface area contributed by atoms with Gasteiger partial charge in [0.15, 0.2) is 17.3 Å². The minimum Gasteiger partial charge on any atom is -0.493 e. The molecule has 25 heavy (non-hydrogen) atoms. The minimum atomic E-state index is -1.06. The Kier molecular flexibility index (Phi) is 5.30. The average Bonchev–Trinajstić information content (AvgIpc) is 2.67. The molecule has 0 aliphatic carbocycles. The van der Waals surface area contributed by atoms with Crippen molar-refractivity contribution in [1.29, 1.82) is 0 Å². The Balaban J connectivity index is 1.81. The summed E-state index contributed by atoms with van der Waals surface area (Å²) in [4.78, 5) is 21.9. The first-order chi connectivity index (χ1) is 12.2. The number of nitrogens with zero attached hydrogens (tertiary/aromatic N) is 3. The first-order valence-corrected chi connectivity index (χ1v) is 7.86. The standard InChI is InChI=1S/C17H19N3O5/c1-23-13-4-2-3-5-14(13)25-11-15-18-10-12(17(21)22)16(19-15)20-6-8-24-9-7-20/h2-5,10H,6-9,11H2,1H3,(H,21,22). The molecule has 132 valence electrons. The Morgan fingerprint density at radius 1 is 1.28 bits per heavy atom. The van der Waals surface area contributed by atoms with Gasteiger partial charge in [-0.1, -0.05) is 12.1 Å². The van der Waals surface area contributed by atoms with E-state index in [-0.39, 0.29) is 12.2 Å². The van der Waals surface area contributed by atoms with Crippen LogP contribution in [0.2, 0.25) is 0 Å². The summed E-state index contributed by atoms with van der Waals surface area (Å²) in [5, 5.41) is 9.38. The lowest BCUT2D eigenvalue weighted by Gasteiger charge is -2.28. The van der Waals surface area contributed by atoms with E-state index in [9.17, 15) is 9.90 Å². The number of carbonyl (C=O) groups is 1. The van der Waals surface area contributed by atoms with Crippen molar-refractivity contribution >= 4 is 11.8 Å². The summed E-state index contributed by atoms with van der Waals surface area (Å²) >= 11 is 0. The summed E-state index contributed by atoms with van der Waals surface area (Å²) in [7, 11) is 1.57. The lowest BCUT2D eigenvalue weighted by molar-refractivity contribution is 0.0695. The van der Waals surface area contributed by atoms with Crippen LogP contribution in [-0.4, -0.2) is 54.5 Å². The SMILES string of the molecule is COc1ccccc1OCc1ncc(C(=O)O)c(N2CCOCC2)n1. The van der Waals surface area contributed by atoms with E-state index < -0.39 is 5.97 Å². The van der Waals surface area contributed by atoms with Crippen molar-refractivity contribution in [3.05, 3.63) is 41.9 Å². The second-order valence-electron chi connectivity index (χ2n) is 5.37. The van der Waals surface area contributed by atoms with Gasteiger partial charge in [0.25, 0.3) is 0 Å². The third-order valence-corrected chi connectivity index (χ3v) is 3.79. The number of methoxy groups -OCH3 is 1. The second kappa shape index (κ2) is 7.80. The number of rotatable bonds is 6. The maximum atomic E-state index is 11.5. The zero-order chi connectivity index (χ0) is 17.6. The molecule has 0 saturated carbocycles. The molecule has 1 N–H and O–H groups in total. The second-order valence-corrected chi connectivity index (χ2v) is 5.37. The van der Waals surface area contributed by atoms with Crippen LogP contribution in [0.5, 0.6) is 11.5 Å². The number of anilines is 1. The van der Waals surface area contributed by atoms with Gasteiger partial charge < -0.3 is 24.2 Å². The molecule has 8 nitrogen and oxygen atoms in total. The minimum absolute atomic E-state index is 0.0722. The van der Waals surface area contributed by atoms with E-state index in [1.807, 2.05) is 17.0 Å². The van der Waals surface area contributed by atoms with Crippen molar-refractivity contribution in [2.45, 2.75) is 6.61 Å². The zero-order valence-electron chi connectivity index (χ0n) is 13.8. The highest BCUT2D eigenvalue weighted by Gasteiger charge is 2.21. The Bertz CT molecular complexity index is 747. The van der Waals surface area contributed by atoms with Gasteiger partial charge in [0.2, 0.25) is 0 Å². The molecule has 0 radical (unpaired) electrons. The molecular formula is C17H19N3O5. The number of aromatic nitrogens is 2. The smallest absolute Gasteiger partial charge is 0.341 e. The molecule has 1 saturated heterocycles. The molecule has 0 spiro atoms. The number of carboxylic acids is 1. The van der Waals surface area contributed by atoms with Crippen molar-refractivity contribution in [3.8, 4) is 11.5 Å². The third kappa shape index (κ3) is 3.97. The highest BCUT2D eigenvalue weighted by molar-refractivity contribution is 5.93. The van der Waals surface area contributed by atoms with Gasteiger partial charge in [-0.15, -0.1) is 0 Å². The number of benzene rings is 1. The van der Waals surface area contributed by atoms with Crippen molar-refractivity contribution in [1.82, 2.24) is 9.97 Å². The van der Waals surface area contributed by atoms with Crippen LogP contribution >= 0.6 is 0 Å². The van der Waals surface area contributed by atoms with Crippen LogP contribution in [0.1, 0.15) is 16.2 Å². The molecule has 1 aliphatic heterocycles. The molecule has 1 aromatic heterocycles. The van der Waals surface area contributed by atoms with Crippen LogP contribution in [0.4, 0.5) is 5.82 Å². The normalized spacial score (nSPS) is 14.2. The van der Waals surface area contributed by atoms with E-state index in [4.69, 9.17) is 14.2 Å². The molecule has 0 bridgehead atoms. The van der Waals surface area contributed by atoms with E-state index in [0.717, 1.165) is 0 Å². The van der Waals surface area contributed by atoms with E-state index in [1.165, 1.54) is 6.20 Å². The predicted molar refractivity (Wildman–Crippen MR) is 89.3 cm³/mol. The molecule has 3 rings (SSSR count). The summed E-state index contributed by atoms with van der Waals surface area (Å²) in [6.45, 7) is 2.36. The van der Waals surface area contributed by atoms with Gasteiger partial charge in [0.05, 0.1) is 20.3 Å². The monoisotopic (exact) mass is 345 g/mol. The van der Waals surface area contributed by atoms with Crippen LogP contribution < -0.4 is 14.4 Å². The zero-order valence-corrected chi connectivity index (χ0v) is 13.8. The summed E-state index contributed by atoms with van der Waals surface area (Å²) in [6.07, 6.45) is 1.32. The molecule has 2 aromatic rings. The highest BCUT2D eigenvalue weighted by Crippen LogP contribution is 2.26. The van der Waals surface area contributed by atoms with Gasteiger partial charge in [-0.05, 0) is 12.1 Å². The molecule has 1 aliphatic rings. The van der Waals surface area contributed by atoms with Crippen molar-refractivity contribution in [3.63, 3.8) is 0 Å². The molecule has 0 amide bonds. The molecule has 0 atom stereocenters. The Labute approximate surface area is 145 Å². The first kappa shape index (κ1) is 17.0. The summed E-state index contributed by atoms with van der Waals surface area (Å²) < 4.78 is 16.3. The van der Waals surface area contributed by atoms with Crippen LogP contribution in [0, 0.1) is 0 Å². The van der Waals surface area contributed by atoms with Crippen molar-refractivity contribution in [2.24, 2.45) is 0 Å². The number of hydrogen-bond acceptors (Lipinski definition) is 7. The van der Waals surface area contributed by atoms with Gasteiger partial charge >= 0.3 is 5.97 Å². The van der Waals surface area contributed by atoms with Crippen LogP contribution in [-0.2, 0) is 11.3 Å². The van der Waals surface area contributed by atoms with E-state index in [1.54, 1.807) is 19.2 Å². The van der Waals surface area contributed by atoms with Crippen molar-refractivity contribution < 1.29 is 24.1 Å². The van der Waals surface area contributed by atoms with Gasteiger partial charge in [0.1, 0.15) is 18.0 Å². The molecular weight excluding hydrogens is 326 g/mol.